The molecule has 96 valence electrons. The number of nitrogens with zero attached hydrogens (tertiary/aromatic N) is 1. The SMILES string of the molecule is CC(C)(C)C(O)CCc1cccc2ncccc12. The van der Waals surface area contributed by atoms with Gasteiger partial charge in [0.25, 0.3) is 0 Å². The first-order valence-electron chi connectivity index (χ1n) is 6.49. The second kappa shape index (κ2) is 5.07. The van der Waals surface area contributed by atoms with Gasteiger partial charge in [-0.15, -0.1) is 0 Å². The molecule has 0 aliphatic rings. The largest absolute Gasteiger partial charge is 0.393 e. The van der Waals surface area contributed by atoms with Crippen LogP contribution in [-0.2, 0) is 6.42 Å². The fraction of sp³-hybridized carbons (Fsp3) is 0.438. The van der Waals surface area contributed by atoms with E-state index in [1.807, 2.05) is 24.4 Å². The van der Waals surface area contributed by atoms with Gasteiger partial charge < -0.3 is 5.11 Å². The third-order valence-electron chi connectivity index (χ3n) is 3.42. The molecule has 2 heteroatoms. The van der Waals surface area contributed by atoms with Crippen LogP contribution in [0.25, 0.3) is 10.9 Å². The second-order valence-electron chi connectivity index (χ2n) is 5.91. The van der Waals surface area contributed by atoms with E-state index in [0.717, 1.165) is 18.4 Å². The van der Waals surface area contributed by atoms with Crippen LogP contribution in [0.2, 0.25) is 0 Å². The lowest BCUT2D eigenvalue weighted by molar-refractivity contribution is 0.0561. The highest BCUT2D eigenvalue weighted by Crippen LogP contribution is 2.25. The van der Waals surface area contributed by atoms with Gasteiger partial charge in [0.1, 0.15) is 0 Å². The normalized spacial score (nSPS) is 13.8. The van der Waals surface area contributed by atoms with Gasteiger partial charge in [-0.1, -0.05) is 39.0 Å². The summed E-state index contributed by atoms with van der Waals surface area (Å²) in [5.74, 6) is 0. The summed E-state index contributed by atoms with van der Waals surface area (Å²) in [5, 5.41) is 11.3. The fourth-order valence-electron chi connectivity index (χ4n) is 2.11. The predicted molar refractivity (Wildman–Crippen MR) is 75.5 cm³/mol. The Morgan fingerprint density at radius 3 is 2.67 bits per heavy atom. The van der Waals surface area contributed by atoms with E-state index in [1.54, 1.807) is 0 Å². The number of benzene rings is 1. The number of fused-ring (bicyclic) bond motifs is 1. The standard InChI is InChI=1S/C16H21NO/c1-16(2,3)15(18)10-9-12-6-4-8-14-13(12)7-5-11-17-14/h4-8,11,15,18H,9-10H2,1-3H3. The van der Waals surface area contributed by atoms with Gasteiger partial charge in [0.15, 0.2) is 0 Å². The average molecular weight is 243 g/mol. The minimum atomic E-state index is -0.274. The molecule has 1 N–H and O–H groups in total. The average Bonchev–Trinajstić information content (AvgIpc) is 2.34. The summed E-state index contributed by atoms with van der Waals surface area (Å²) in [6, 6.07) is 10.2. The number of pyridine rings is 1. The van der Waals surface area contributed by atoms with Gasteiger partial charge in [-0.3, -0.25) is 4.98 Å². The van der Waals surface area contributed by atoms with E-state index in [0.29, 0.717) is 0 Å². The summed E-state index contributed by atoms with van der Waals surface area (Å²) in [7, 11) is 0. The molecule has 1 aromatic carbocycles. The third-order valence-corrected chi connectivity index (χ3v) is 3.42. The zero-order valence-electron chi connectivity index (χ0n) is 11.4. The first kappa shape index (κ1) is 13.0. The summed E-state index contributed by atoms with van der Waals surface area (Å²) < 4.78 is 0. The molecular weight excluding hydrogens is 222 g/mol. The Balaban J connectivity index is 2.18. The summed E-state index contributed by atoms with van der Waals surface area (Å²) in [5.41, 5.74) is 2.24. The Morgan fingerprint density at radius 2 is 1.94 bits per heavy atom. The maximum absolute atomic E-state index is 10.1. The summed E-state index contributed by atoms with van der Waals surface area (Å²) in [4.78, 5) is 4.36. The lowest BCUT2D eigenvalue weighted by Crippen LogP contribution is -2.26. The Bertz CT molecular complexity index is 523. The van der Waals surface area contributed by atoms with Crippen LogP contribution >= 0.6 is 0 Å². The molecular formula is C16H21NO. The molecule has 0 spiro atoms. The van der Waals surface area contributed by atoms with Crippen molar-refractivity contribution in [3.8, 4) is 0 Å². The molecule has 0 aliphatic carbocycles. The van der Waals surface area contributed by atoms with Crippen LogP contribution < -0.4 is 0 Å². The number of hydrogen-bond acceptors (Lipinski definition) is 2. The first-order chi connectivity index (χ1) is 8.48. The van der Waals surface area contributed by atoms with E-state index in [9.17, 15) is 5.11 Å². The minimum Gasteiger partial charge on any atom is -0.393 e. The van der Waals surface area contributed by atoms with Crippen molar-refractivity contribution in [3.05, 3.63) is 42.1 Å². The van der Waals surface area contributed by atoms with Crippen molar-refractivity contribution in [3.63, 3.8) is 0 Å². The van der Waals surface area contributed by atoms with Crippen LogP contribution in [0, 0.1) is 5.41 Å². The third kappa shape index (κ3) is 2.88. The first-order valence-corrected chi connectivity index (χ1v) is 6.49. The molecule has 2 nitrogen and oxygen atoms in total. The molecule has 1 unspecified atom stereocenters. The molecule has 1 aromatic heterocycles. The van der Waals surface area contributed by atoms with Gasteiger partial charge >= 0.3 is 0 Å². The van der Waals surface area contributed by atoms with Crippen molar-refractivity contribution < 1.29 is 5.11 Å². The van der Waals surface area contributed by atoms with Crippen LogP contribution in [0.5, 0.6) is 0 Å². The van der Waals surface area contributed by atoms with Crippen molar-refractivity contribution in [2.45, 2.75) is 39.7 Å². The van der Waals surface area contributed by atoms with Crippen LogP contribution in [0.4, 0.5) is 0 Å². The van der Waals surface area contributed by atoms with Crippen LogP contribution in [0.15, 0.2) is 36.5 Å². The van der Waals surface area contributed by atoms with Gasteiger partial charge in [-0.05, 0) is 36.0 Å². The molecule has 0 saturated heterocycles. The number of aromatic nitrogens is 1. The Labute approximate surface area is 109 Å². The Morgan fingerprint density at radius 1 is 1.17 bits per heavy atom. The van der Waals surface area contributed by atoms with Crippen molar-refractivity contribution in [1.82, 2.24) is 4.98 Å². The molecule has 1 atom stereocenters. The number of rotatable bonds is 3. The molecule has 0 fully saturated rings. The van der Waals surface area contributed by atoms with E-state index in [1.165, 1.54) is 10.9 Å². The molecule has 0 radical (unpaired) electrons. The maximum atomic E-state index is 10.1. The summed E-state index contributed by atoms with van der Waals surface area (Å²) in [6.07, 6.45) is 3.22. The van der Waals surface area contributed by atoms with Crippen molar-refractivity contribution in [2.24, 2.45) is 5.41 Å². The van der Waals surface area contributed by atoms with E-state index in [4.69, 9.17) is 0 Å². The minimum absolute atomic E-state index is 0.0527. The van der Waals surface area contributed by atoms with Crippen LogP contribution in [-0.4, -0.2) is 16.2 Å². The molecule has 18 heavy (non-hydrogen) atoms. The number of aliphatic hydroxyl groups excluding tert-OH is 1. The fourth-order valence-corrected chi connectivity index (χ4v) is 2.11. The van der Waals surface area contributed by atoms with Crippen LogP contribution in [0.1, 0.15) is 32.8 Å². The number of hydrogen-bond donors (Lipinski definition) is 1. The van der Waals surface area contributed by atoms with Crippen LogP contribution in [0.3, 0.4) is 0 Å². The van der Waals surface area contributed by atoms with E-state index < -0.39 is 0 Å². The molecule has 0 amide bonds. The van der Waals surface area contributed by atoms with E-state index >= 15 is 0 Å². The molecule has 1 heterocycles. The topological polar surface area (TPSA) is 33.1 Å². The lowest BCUT2D eigenvalue weighted by atomic mass is 9.85. The highest BCUT2D eigenvalue weighted by atomic mass is 16.3. The smallest absolute Gasteiger partial charge is 0.0704 e. The quantitative estimate of drug-likeness (QED) is 0.894. The molecule has 0 saturated carbocycles. The van der Waals surface area contributed by atoms with Gasteiger partial charge in [-0.2, -0.15) is 0 Å². The van der Waals surface area contributed by atoms with E-state index in [2.05, 4.69) is 37.9 Å². The second-order valence-corrected chi connectivity index (χ2v) is 5.91. The summed E-state index contributed by atoms with van der Waals surface area (Å²) >= 11 is 0. The predicted octanol–water partition coefficient (Wildman–Crippen LogP) is 3.57. The molecule has 0 aliphatic heterocycles. The van der Waals surface area contributed by atoms with Crippen molar-refractivity contribution in [2.75, 3.05) is 0 Å². The monoisotopic (exact) mass is 243 g/mol. The Kier molecular flexibility index (Phi) is 3.67. The Hall–Kier alpha value is -1.41. The zero-order chi connectivity index (χ0) is 13.2. The molecule has 2 rings (SSSR count). The van der Waals surface area contributed by atoms with Gasteiger partial charge in [0.2, 0.25) is 0 Å². The van der Waals surface area contributed by atoms with Gasteiger partial charge in [-0.25, -0.2) is 0 Å². The molecule has 0 bridgehead atoms. The number of aryl methyl sites for hydroxylation is 1. The van der Waals surface area contributed by atoms with Gasteiger partial charge in [0, 0.05) is 11.6 Å². The maximum Gasteiger partial charge on any atom is 0.0704 e. The highest BCUT2D eigenvalue weighted by molar-refractivity contribution is 5.81. The highest BCUT2D eigenvalue weighted by Gasteiger charge is 2.21. The summed E-state index contributed by atoms with van der Waals surface area (Å²) in [6.45, 7) is 6.22. The van der Waals surface area contributed by atoms with E-state index in [-0.39, 0.29) is 11.5 Å². The van der Waals surface area contributed by atoms with Crippen molar-refractivity contribution >= 4 is 10.9 Å². The molecule has 2 aromatic rings. The number of aliphatic hydroxyl groups is 1. The van der Waals surface area contributed by atoms with Crippen molar-refractivity contribution in [1.29, 1.82) is 0 Å². The lowest BCUT2D eigenvalue weighted by Gasteiger charge is -2.25. The zero-order valence-corrected chi connectivity index (χ0v) is 11.4. The van der Waals surface area contributed by atoms with Gasteiger partial charge in [0.05, 0.1) is 11.6 Å².